The van der Waals surface area contributed by atoms with E-state index < -0.39 is 11.6 Å². The van der Waals surface area contributed by atoms with Gasteiger partial charge in [0.05, 0.1) is 19.1 Å². The van der Waals surface area contributed by atoms with Crippen LogP contribution in [-0.2, 0) is 4.79 Å². The Morgan fingerprint density at radius 2 is 2.17 bits per heavy atom. The van der Waals surface area contributed by atoms with Crippen molar-refractivity contribution < 1.29 is 14.6 Å². The zero-order valence-electron chi connectivity index (χ0n) is 13.7. The molecule has 1 aromatic carbocycles. The van der Waals surface area contributed by atoms with E-state index in [4.69, 9.17) is 10.5 Å². The molecule has 3 unspecified atom stereocenters. The average molecular weight is 343 g/mol. The highest BCUT2D eigenvalue weighted by molar-refractivity contribution is 5.85. The SMILES string of the molecule is COc1ccccc1C(O)CNC(=O)C1CCCCC1(C)N.Cl. The number of ether oxygens (including phenoxy) is 1. The van der Waals surface area contributed by atoms with Gasteiger partial charge in [-0.3, -0.25) is 4.79 Å². The number of carbonyl (C=O) groups is 1. The molecule has 23 heavy (non-hydrogen) atoms. The summed E-state index contributed by atoms with van der Waals surface area (Å²) >= 11 is 0. The molecule has 0 aromatic heterocycles. The lowest BCUT2D eigenvalue weighted by molar-refractivity contribution is -0.128. The molecule has 1 aliphatic carbocycles. The summed E-state index contributed by atoms with van der Waals surface area (Å²) in [7, 11) is 1.56. The molecular weight excluding hydrogens is 316 g/mol. The van der Waals surface area contributed by atoms with E-state index in [1.54, 1.807) is 19.2 Å². The first kappa shape index (κ1) is 19.7. The van der Waals surface area contributed by atoms with Crippen LogP contribution in [0.3, 0.4) is 0 Å². The Hall–Kier alpha value is -1.30. The number of nitrogens with one attached hydrogen (secondary N) is 1. The lowest BCUT2D eigenvalue weighted by atomic mass is 9.74. The molecule has 1 aliphatic rings. The van der Waals surface area contributed by atoms with Gasteiger partial charge in [0, 0.05) is 17.6 Å². The molecular formula is C17H27ClN2O3. The van der Waals surface area contributed by atoms with E-state index in [1.807, 2.05) is 19.1 Å². The summed E-state index contributed by atoms with van der Waals surface area (Å²) in [6, 6.07) is 7.26. The molecule has 1 saturated carbocycles. The second-order valence-corrected chi connectivity index (χ2v) is 6.31. The van der Waals surface area contributed by atoms with Crippen molar-refractivity contribution in [3.8, 4) is 5.75 Å². The van der Waals surface area contributed by atoms with E-state index in [0.717, 1.165) is 25.7 Å². The van der Waals surface area contributed by atoms with E-state index in [1.165, 1.54) is 0 Å². The van der Waals surface area contributed by atoms with Gasteiger partial charge < -0.3 is 20.9 Å². The largest absolute Gasteiger partial charge is 0.496 e. The number of halogens is 1. The number of hydrogen-bond acceptors (Lipinski definition) is 4. The van der Waals surface area contributed by atoms with Crippen molar-refractivity contribution in [2.45, 2.75) is 44.2 Å². The van der Waals surface area contributed by atoms with E-state index in [2.05, 4.69) is 5.32 Å². The molecule has 0 radical (unpaired) electrons. The normalized spacial score (nSPS) is 25.1. The molecule has 0 aliphatic heterocycles. The van der Waals surface area contributed by atoms with Crippen molar-refractivity contribution in [3.05, 3.63) is 29.8 Å². The highest BCUT2D eigenvalue weighted by Crippen LogP contribution is 2.32. The highest BCUT2D eigenvalue weighted by atomic mass is 35.5. The van der Waals surface area contributed by atoms with Gasteiger partial charge in [-0.05, 0) is 25.8 Å². The summed E-state index contributed by atoms with van der Waals surface area (Å²) in [5.74, 6) is 0.357. The fourth-order valence-electron chi connectivity index (χ4n) is 3.16. The number of rotatable bonds is 5. The summed E-state index contributed by atoms with van der Waals surface area (Å²) in [6.07, 6.45) is 2.97. The van der Waals surface area contributed by atoms with Gasteiger partial charge in [-0.2, -0.15) is 0 Å². The molecule has 0 bridgehead atoms. The Balaban J connectivity index is 0.00000264. The van der Waals surface area contributed by atoms with Crippen molar-refractivity contribution >= 4 is 18.3 Å². The van der Waals surface area contributed by atoms with Gasteiger partial charge in [0.1, 0.15) is 5.75 Å². The molecule has 6 heteroatoms. The van der Waals surface area contributed by atoms with Crippen LogP contribution in [0.25, 0.3) is 0 Å². The van der Waals surface area contributed by atoms with Crippen molar-refractivity contribution in [1.29, 1.82) is 0 Å². The summed E-state index contributed by atoms with van der Waals surface area (Å²) in [5.41, 5.74) is 6.45. The number of nitrogens with two attached hydrogens (primary N) is 1. The van der Waals surface area contributed by atoms with E-state index in [9.17, 15) is 9.90 Å². The van der Waals surface area contributed by atoms with Gasteiger partial charge in [-0.1, -0.05) is 31.0 Å². The van der Waals surface area contributed by atoms with Crippen LogP contribution in [0.2, 0.25) is 0 Å². The van der Waals surface area contributed by atoms with Crippen molar-refractivity contribution in [3.63, 3.8) is 0 Å². The first-order chi connectivity index (χ1) is 10.5. The van der Waals surface area contributed by atoms with Gasteiger partial charge in [-0.25, -0.2) is 0 Å². The topological polar surface area (TPSA) is 84.6 Å². The molecule has 1 fully saturated rings. The predicted molar refractivity (Wildman–Crippen MR) is 92.8 cm³/mol. The standard InChI is InChI=1S/C17H26N2O3.ClH/c1-17(18)10-6-5-8-13(17)16(21)19-11-14(20)12-7-3-4-9-15(12)22-2;/h3-4,7,9,13-14,20H,5-6,8,10-11,18H2,1-2H3,(H,19,21);1H. The summed E-state index contributed by atoms with van der Waals surface area (Å²) in [5, 5.41) is 13.1. The molecule has 3 atom stereocenters. The number of carbonyl (C=O) groups excluding carboxylic acids is 1. The Morgan fingerprint density at radius 3 is 2.83 bits per heavy atom. The van der Waals surface area contributed by atoms with Crippen LogP contribution in [0.4, 0.5) is 0 Å². The quantitative estimate of drug-likeness (QED) is 0.765. The summed E-state index contributed by atoms with van der Waals surface area (Å²) < 4.78 is 5.23. The molecule has 1 aromatic rings. The fourth-order valence-corrected chi connectivity index (χ4v) is 3.16. The minimum atomic E-state index is -0.798. The Morgan fingerprint density at radius 1 is 1.48 bits per heavy atom. The van der Waals surface area contributed by atoms with Crippen LogP contribution < -0.4 is 15.8 Å². The third-order valence-corrected chi connectivity index (χ3v) is 4.54. The van der Waals surface area contributed by atoms with Gasteiger partial charge in [0.25, 0.3) is 0 Å². The molecule has 0 heterocycles. The second-order valence-electron chi connectivity index (χ2n) is 6.31. The van der Waals surface area contributed by atoms with Gasteiger partial charge in [0.15, 0.2) is 0 Å². The number of aliphatic hydroxyl groups excluding tert-OH is 1. The molecule has 0 spiro atoms. The van der Waals surface area contributed by atoms with Gasteiger partial charge in [-0.15, -0.1) is 12.4 Å². The maximum Gasteiger partial charge on any atom is 0.225 e. The molecule has 1 amide bonds. The highest BCUT2D eigenvalue weighted by Gasteiger charge is 2.37. The first-order valence-corrected chi connectivity index (χ1v) is 7.83. The number of methoxy groups -OCH3 is 1. The number of amides is 1. The monoisotopic (exact) mass is 342 g/mol. The van der Waals surface area contributed by atoms with Crippen LogP contribution in [0, 0.1) is 5.92 Å². The average Bonchev–Trinajstić information content (AvgIpc) is 2.51. The molecule has 0 saturated heterocycles. The Labute approximate surface area is 144 Å². The Kier molecular flexibility index (Phi) is 7.32. The third-order valence-electron chi connectivity index (χ3n) is 4.54. The Bertz CT molecular complexity index is 522. The van der Waals surface area contributed by atoms with E-state index >= 15 is 0 Å². The third kappa shape index (κ3) is 4.83. The van der Waals surface area contributed by atoms with Gasteiger partial charge >= 0.3 is 0 Å². The van der Waals surface area contributed by atoms with Crippen molar-refractivity contribution in [1.82, 2.24) is 5.32 Å². The fraction of sp³-hybridized carbons (Fsp3) is 0.588. The second kappa shape index (κ2) is 8.52. The minimum absolute atomic E-state index is 0. The van der Waals surface area contributed by atoms with Crippen LogP contribution in [0.15, 0.2) is 24.3 Å². The molecule has 5 nitrogen and oxygen atoms in total. The lowest BCUT2D eigenvalue weighted by Crippen LogP contribution is -2.53. The van der Waals surface area contributed by atoms with Crippen molar-refractivity contribution in [2.24, 2.45) is 11.7 Å². The summed E-state index contributed by atoms with van der Waals surface area (Å²) in [6.45, 7) is 2.10. The zero-order chi connectivity index (χ0) is 16.2. The maximum absolute atomic E-state index is 12.4. The minimum Gasteiger partial charge on any atom is -0.496 e. The molecule has 4 N–H and O–H groups in total. The first-order valence-electron chi connectivity index (χ1n) is 7.83. The van der Waals surface area contributed by atoms with Crippen molar-refractivity contribution in [2.75, 3.05) is 13.7 Å². The molecule has 130 valence electrons. The summed E-state index contributed by atoms with van der Waals surface area (Å²) in [4.78, 5) is 12.4. The maximum atomic E-state index is 12.4. The van der Waals surface area contributed by atoms with Gasteiger partial charge in [0.2, 0.25) is 5.91 Å². The van der Waals surface area contributed by atoms with E-state index in [-0.39, 0.29) is 30.8 Å². The number of benzene rings is 1. The number of aliphatic hydroxyl groups is 1. The van der Waals surface area contributed by atoms with E-state index in [0.29, 0.717) is 11.3 Å². The predicted octanol–water partition coefficient (Wildman–Crippen LogP) is 2.17. The van der Waals surface area contributed by atoms with Crippen LogP contribution in [-0.4, -0.2) is 30.2 Å². The number of hydrogen-bond donors (Lipinski definition) is 3. The zero-order valence-corrected chi connectivity index (χ0v) is 14.6. The smallest absolute Gasteiger partial charge is 0.225 e. The number of para-hydroxylation sites is 1. The molecule has 2 rings (SSSR count). The van der Waals surface area contributed by atoms with Crippen LogP contribution >= 0.6 is 12.4 Å². The lowest BCUT2D eigenvalue weighted by Gasteiger charge is -2.37. The van der Waals surface area contributed by atoms with Crippen LogP contribution in [0.1, 0.15) is 44.3 Å². The van der Waals surface area contributed by atoms with Crippen LogP contribution in [0.5, 0.6) is 5.75 Å².